The van der Waals surface area contributed by atoms with Gasteiger partial charge in [0.1, 0.15) is 5.75 Å². The van der Waals surface area contributed by atoms with Gasteiger partial charge in [0, 0.05) is 11.3 Å². The fourth-order valence-corrected chi connectivity index (χ4v) is 3.57. The van der Waals surface area contributed by atoms with Crippen LogP contribution in [-0.4, -0.2) is 28.5 Å². The highest BCUT2D eigenvalue weighted by atomic mass is 16.5. The van der Waals surface area contributed by atoms with Crippen LogP contribution in [0.5, 0.6) is 5.75 Å². The molecule has 1 aliphatic rings. The largest absolute Gasteiger partial charge is 0.493 e. The smallest absolute Gasteiger partial charge is 0.292 e. The van der Waals surface area contributed by atoms with Crippen molar-refractivity contribution in [3.63, 3.8) is 0 Å². The quantitative estimate of drug-likeness (QED) is 0.477. The van der Waals surface area contributed by atoms with E-state index in [2.05, 4.69) is 29.5 Å². The topological polar surface area (TPSA) is 68.5 Å². The van der Waals surface area contributed by atoms with Crippen LogP contribution in [0.2, 0.25) is 0 Å². The molecule has 3 aromatic rings. The predicted molar refractivity (Wildman–Crippen MR) is 117 cm³/mol. The van der Waals surface area contributed by atoms with Crippen molar-refractivity contribution in [1.82, 2.24) is 15.2 Å². The number of aromatic nitrogens is 2. The minimum Gasteiger partial charge on any atom is -0.493 e. The second kappa shape index (κ2) is 8.95. The van der Waals surface area contributed by atoms with Crippen LogP contribution >= 0.6 is 0 Å². The van der Waals surface area contributed by atoms with Crippen molar-refractivity contribution in [2.45, 2.75) is 33.1 Å². The number of rotatable bonds is 7. The molecule has 1 aliphatic carbocycles. The number of benzene rings is 2. The molecule has 6 heteroatoms. The van der Waals surface area contributed by atoms with E-state index in [1.54, 1.807) is 6.21 Å². The number of carbonyl (C=O) groups is 1. The van der Waals surface area contributed by atoms with Crippen molar-refractivity contribution in [3.05, 3.63) is 77.1 Å². The van der Waals surface area contributed by atoms with Gasteiger partial charge in [0.05, 0.1) is 18.5 Å². The number of para-hydroxylation sites is 1. The molecule has 30 heavy (non-hydrogen) atoms. The lowest BCUT2D eigenvalue weighted by Gasteiger charge is -2.08. The molecule has 0 fully saturated rings. The Morgan fingerprint density at radius 2 is 2.03 bits per heavy atom. The summed E-state index contributed by atoms with van der Waals surface area (Å²) < 4.78 is 7.62. The minimum absolute atomic E-state index is 0.286. The molecule has 0 aliphatic heterocycles. The first-order chi connectivity index (χ1) is 14.6. The summed E-state index contributed by atoms with van der Waals surface area (Å²) in [6, 6.07) is 17.6. The molecule has 0 spiro atoms. The van der Waals surface area contributed by atoms with Crippen molar-refractivity contribution in [2.75, 3.05) is 6.61 Å². The van der Waals surface area contributed by atoms with Crippen LogP contribution in [0.3, 0.4) is 0 Å². The van der Waals surface area contributed by atoms with E-state index in [0.29, 0.717) is 18.2 Å². The van der Waals surface area contributed by atoms with Crippen LogP contribution in [0.15, 0.2) is 59.7 Å². The van der Waals surface area contributed by atoms with Crippen LogP contribution in [0.4, 0.5) is 0 Å². The van der Waals surface area contributed by atoms with Gasteiger partial charge in [-0.1, -0.05) is 44.2 Å². The highest BCUT2D eigenvalue weighted by Gasteiger charge is 2.26. The SMILES string of the molecule is CC(C)COc1cccc(/C=N/NC(=O)c2nn(-c3ccccc3)c3c2CCC3)c1. The van der Waals surface area contributed by atoms with Gasteiger partial charge in [-0.15, -0.1) is 0 Å². The molecule has 4 rings (SSSR count). The Labute approximate surface area is 176 Å². The summed E-state index contributed by atoms with van der Waals surface area (Å²) in [6.45, 7) is 4.87. The molecule has 0 saturated carbocycles. The van der Waals surface area contributed by atoms with Gasteiger partial charge in [0.2, 0.25) is 0 Å². The Bertz CT molecular complexity index is 1050. The molecule has 0 bridgehead atoms. The number of nitrogens with zero attached hydrogens (tertiary/aromatic N) is 3. The van der Waals surface area contributed by atoms with Gasteiger partial charge in [-0.2, -0.15) is 10.2 Å². The molecule has 154 valence electrons. The summed E-state index contributed by atoms with van der Waals surface area (Å²) in [5.74, 6) is 0.962. The summed E-state index contributed by atoms with van der Waals surface area (Å²) in [5.41, 5.74) is 7.05. The number of carbonyl (C=O) groups excluding carboxylic acids is 1. The van der Waals surface area contributed by atoms with E-state index in [-0.39, 0.29) is 5.91 Å². The zero-order valence-corrected chi connectivity index (χ0v) is 17.3. The third-order valence-electron chi connectivity index (χ3n) is 4.97. The Hall–Kier alpha value is -3.41. The standard InChI is InChI=1S/C24H26N4O2/c1-17(2)16-30-20-11-6-8-18(14-20)15-25-26-24(29)23-21-12-7-13-22(21)28(27-23)19-9-4-3-5-10-19/h3-6,8-11,14-15,17H,7,12-13,16H2,1-2H3,(H,26,29)/b25-15+. The van der Waals surface area contributed by atoms with E-state index in [4.69, 9.17) is 4.74 Å². The van der Waals surface area contributed by atoms with Gasteiger partial charge in [-0.05, 0) is 55.0 Å². The van der Waals surface area contributed by atoms with Crippen molar-refractivity contribution in [1.29, 1.82) is 0 Å². The number of amides is 1. The van der Waals surface area contributed by atoms with Crippen LogP contribution in [0.25, 0.3) is 5.69 Å². The first-order valence-corrected chi connectivity index (χ1v) is 10.3. The predicted octanol–water partition coefficient (Wildman–Crippen LogP) is 4.16. The van der Waals surface area contributed by atoms with Crippen molar-refractivity contribution in [3.8, 4) is 11.4 Å². The summed E-state index contributed by atoms with van der Waals surface area (Å²) in [4.78, 5) is 12.8. The number of hydrogen-bond acceptors (Lipinski definition) is 4. The Balaban J connectivity index is 1.47. The molecule has 0 unspecified atom stereocenters. The summed E-state index contributed by atoms with van der Waals surface area (Å²) in [5, 5.41) is 8.73. The first kappa shape index (κ1) is 19.9. The zero-order valence-electron chi connectivity index (χ0n) is 17.3. The number of hydrazone groups is 1. The maximum absolute atomic E-state index is 12.8. The fourth-order valence-electron chi connectivity index (χ4n) is 3.57. The second-order valence-electron chi connectivity index (χ2n) is 7.85. The van der Waals surface area contributed by atoms with Crippen molar-refractivity contribution >= 4 is 12.1 Å². The van der Waals surface area contributed by atoms with Crippen LogP contribution in [0.1, 0.15) is 47.6 Å². The zero-order chi connectivity index (χ0) is 20.9. The van der Waals surface area contributed by atoms with Gasteiger partial charge in [-0.25, -0.2) is 10.1 Å². The molecule has 1 N–H and O–H groups in total. The average molecular weight is 402 g/mol. The van der Waals surface area contributed by atoms with Gasteiger partial charge in [0.15, 0.2) is 5.69 Å². The highest BCUT2D eigenvalue weighted by molar-refractivity contribution is 5.95. The van der Waals surface area contributed by atoms with Crippen molar-refractivity contribution in [2.24, 2.45) is 11.0 Å². The molecule has 1 heterocycles. The molecule has 2 aromatic carbocycles. The Morgan fingerprint density at radius 3 is 2.83 bits per heavy atom. The summed E-state index contributed by atoms with van der Waals surface area (Å²) in [7, 11) is 0. The second-order valence-corrected chi connectivity index (χ2v) is 7.85. The van der Waals surface area contributed by atoms with E-state index in [1.165, 1.54) is 0 Å². The third-order valence-corrected chi connectivity index (χ3v) is 4.97. The molecular weight excluding hydrogens is 376 g/mol. The van der Waals surface area contributed by atoms with E-state index in [1.807, 2.05) is 59.3 Å². The molecule has 0 saturated heterocycles. The molecule has 0 atom stereocenters. The maximum atomic E-state index is 12.8. The highest BCUT2D eigenvalue weighted by Crippen LogP contribution is 2.27. The minimum atomic E-state index is -0.286. The lowest BCUT2D eigenvalue weighted by molar-refractivity contribution is 0.0949. The Kier molecular flexibility index (Phi) is 5.93. The van der Waals surface area contributed by atoms with E-state index in [0.717, 1.165) is 47.5 Å². The monoisotopic (exact) mass is 402 g/mol. The molecule has 0 radical (unpaired) electrons. The van der Waals surface area contributed by atoms with Gasteiger partial charge < -0.3 is 4.74 Å². The van der Waals surface area contributed by atoms with Crippen LogP contribution in [0, 0.1) is 5.92 Å². The lowest BCUT2D eigenvalue weighted by Crippen LogP contribution is -2.20. The number of ether oxygens (including phenoxy) is 1. The van der Waals surface area contributed by atoms with E-state index < -0.39 is 0 Å². The van der Waals surface area contributed by atoms with Crippen LogP contribution in [-0.2, 0) is 12.8 Å². The molecule has 6 nitrogen and oxygen atoms in total. The Morgan fingerprint density at radius 1 is 1.20 bits per heavy atom. The van der Waals surface area contributed by atoms with Gasteiger partial charge in [0.25, 0.3) is 5.91 Å². The molecule has 1 aromatic heterocycles. The van der Waals surface area contributed by atoms with E-state index >= 15 is 0 Å². The van der Waals surface area contributed by atoms with Crippen molar-refractivity contribution < 1.29 is 9.53 Å². The fraction of sp³-hybridized carbons (Fsp3) is 0.292. The van der Waals surface area contributed by atoms with Gasteiger partial charge >= 0.3 is 0 Å². The molecule has 1 amide bonds. The number of nitrogens with one attached hydrogen (secondary N) is 1. The van der Waals surface area contributed by atoms with Crippen LogP contribution < -0.4 is 10.2 Å². The molecular formula is C24H26N4O2. The summed E-state index contributed by atoms with van der Waals surface area (Å²) >= 11 is 0. The third kappa shape index (κ3) is 4.43. The maximum Gasteiger partial charge on any atom is 0.292 e. The number of hydrogen-bond donors (Lipinski definition) is 1. The lowest BCUT2D eigenvalue weighted by atomic mass is 10.2. The first-order valence-electron chi connectivity index (χ1n) is 10.3. The van der Waals surface area contributed by atoms with Gasteiger partial charge in [-0.3, -0.25) is 4.79 Å². The number of fused-ring (bicyclic) bond motifs is 1. The summed E-state index contributed by atoms with van der Waals surface area (Å²) in [6.07, 6.45) is 4.45. The average Bonchev–Trinajstić information content (AvgIpc) is 3.36. The van der Waals surface area contributed by atoms with E-state index in [9.17, 15) is 4.79 Å². The normalized spacial score (nSPS) is 13.0.